The summed E-state index contributed by atoms with van der Waals surface area (Å²) >= 11 is 0. The maximum Gasteiger partial charge on any atom is 0.248 e. The molecule has 0 unspecified atom stereocenters. The molecule has 3 amide bonds. The van der Waals surface area contributed by atoms with Gasteiger partial charge in [-0.05, 0) is 45.2 Å². The smallest absolute Gasteiger partial charge is 0.248 e. The van der Waals surface area contributed by atoms with Crippen molar-refractivity contribution in [3.63, 3.8) is 0 Å². The summed E-state index contributed by atoms with van der Waals surface area (Å²) in [5.74, 6) is -4.03. The molecule has 13 heteroatoms. The van der Waals surface area contributed by atoms with E-state index in [-0.39, 0.29) is 62.9 Å². The second-order valence-corrected chi connectivity index (χ2v) is 12.4. The molecule has 2 saturated heterocycles. The maximum absolute atomic E-state index is 14.5. The molecule has 4 N–H and O–H groups in total. The first-order valence-electron chi connectivity index (χ1n) is 15.8. The van der Waals surface area contributed by atoms with Gasteiger partial charge in [0.05, 0.1) is 25.4 Å². The minimum atomic E-state index is -2.82. The van der Waals surface area contributed by atoms with Gasteiger partial charge in [-0.1, -0.05) is 18.2 Å². The Morgan fingerprint density at radius 2 is 1.89 bits per heavy atom. The van der Waals surface area contributed by atoms with E-state index in [2.05, 4.69) is 20.9 Å². The first-order valence-corrected chi connectivity index (χ1v) is 15.8. The van der Waals surface area contributed by atoms with Gasteiger partial charge in [-0.3, -0.25) is 19.3 Å². The van der Waals surface area contributed by atoms with Crippen LogP contribution in [0.2, 0.25) is 0 Å². The third kappa shape index (κ3) is 7.16. The van der Waals surface area contributed by atoms with Gasteiger partial charge in [0.25, 0.3) is 0 Å². The van der Waals surface area contributed by atoms with E-state index in [0.29, 0.717) is 38.3 Å². The van der Waals surface area contributed by atoms with E-state index in [4.69, 9.17) is 9.47 Å². The summed E-state index contributed by atoms with van der Waals surface area (Å²) in [4.78, 5) is 45.4. The summed E-state index contributed by atoms with van der Waals surface area (Å²) in [6.45, 7) is 3.61. The Kier molecular flexibility index (Phi) is 10.4. The van der Waals surface area contributed by atoms with Crippen molar-refractivity contribution < 1.29 is 37.7 Å². The number of rotatable bonds is 10. The molecule has 0 bridgehead atoms. The van der Waals surface area contributed by atoms with Crippen LogP contribution in [0.3, 0.4) is 0 Å². The number of hydrogen-bond acceptors (Lipinski definition) is 8. The first kappa shape index (κ1) is 32.5. The molecular formula is C31H45F2N5O6. The molecule has 0 aromatic heterocycles. The third-order valence-corrected chi connectivity index (χ3v) is 9.59. The second kappa shape index (κ2) is 14.1. The van der Waals surface area contributed by atoms with Gasteiger partial charge in [-0.2, -0.15) is 0 Å². The van der Waals surface area contributed by atoms with Crippen molar-refractivity contribution >= 4 is 17.7 Å². The number of nitrogens with zero attached hydrogens (tertiary/aromatic N) is 2. The molecule has 0 radical (unpaired) electrons. The number of amides is 3. The molecule has 1 aromatic carbocycles. The Morgan fingerprint density at radius 1 is 1.14 bits per heavy atom. The number of likely N-dealkylation sites (N-methyl/N-ethyl adjacent to an activating group) is 1. The summed E-state index contributed by atoms with van der Waals surface area (Å²) in [6.07, 6.45) is 0.584. The number of benzene rings is 1. The van der Waals surface area contributed by atoms with Crippen LogP contribution >= 0.6 is 0 Å². The molecule has 0 spiro atoms. The number of aliphatic hydroxyl groups is 1. The fraction of sp³-hybridized carbons (Fsp3) is 0.710. The minimum absolute atomic E-state index is 0.0249. The van der Waals surface area contributed by atoms with E-state index >= 15 is 0 Å². The molecule has 6 atom stereocenters. The largest absolute Gasteiger partial charge is 0.493 e. The van der Waals surface area contributed by atoms with Gasteiger partial charge >= 0.3 is 0 Å². The molecular weight excluding hydrogens is 576 g/mol. The molecule has 3 fully saturated rings. The van der Waals surface area contributed by atoms with Crippen LogP contribution < -0.4 is 20.7 Å². The fourth-order valence-electron chi connectivity index (χ4n) is 7.13. The van der Waals surface area contributed by atoms with Gasteiger partial charge in [-0.15, -0.1) is 0 Å². The topological polar surface area (TPSA) is 132 Å². The molecule has 5 rings (SSSR count). The Hall–Kier alpha value is -2.87. The number of carbonyl (C=O) groups excluding carboxylic acids is 3. The normalized spacial score (nSPS) is 28.2. The molecule has 11 nitrogen and oxygen atoms in total. The van der Waals surface area contributed by atoms with Gasteiger partial charge in [0.15, 0.2) is 0 Å². The Bertz CT molecular complexity index is 1180. The monoisotopic (exact) mass is 621 g/mol. The highest BCUT2D eigenvalue weighted by atomic mass is 19.3. The van der Waals surface area contributed by atoms with E-state index < -0.39 is 48.4 Å². The number of hydrogen-bond donors (Lipinski definition) is 4. The third-order valence-electron chi connectivity index (χ3n) is 9.59. The molecule has 244 valence electrons. The van der Waals surface area contributed by atoms with E-state index in [9.17, 15) is 28.3 Å². The predicted molar refractivity (Wildman–Crippen MR) is 157 cm³/mol. The molecule has 1 aliphatic carbocycles. The zero-order valence-corrected chi connectivity index (χ0v) is 25.5. The lowest BCUT2D eigenvalue weighted by Crippen LogP contribution is -2.67. The Morgan fingerprint density at radius 3 is 2.59 bits per heavy atom. The van der Waals surface area contributed by atoms with Gasteiger partial charge in [0.2, 0.25) is 23.6 Å². The van der Waals surface area contributed by atoms with Crippen LogP contribution in [-0.2, 0) is 19.1 Å². The van der Waals surface area contributed by atoms with Crippen molar-refractivity contribution in [3.8, 4) is 5.75 Å². The quantitative estimate of drug-likeness (QED) is 0.307. The van der Waals surface area contributed by atoms with Gasteiger partial charge in [-0.25, -0.2) is 8.78 Å². The lowest BCUT2D eigenvalue weighted by molar-refractivity contribution is -0.150. The standard InChI is InChI=1S/C31H45F2N5O6/c1-3-43-21-14-20-15-38(30(42)27(36-28(40)24(18-39)34-2)19-8-11-31(32,33)12-9-19)25(17-37(20)16-21)29(41)35-23-10-13-44-26-7-5-4-6-22(23)26/h4-7,19-21,23-25,27,34,39H,3,8-18H2,1-2H3,(H,35,41)(H,36,40)/t20-,21-,23-,24+,25+,27+/m1/s1. The number of ether oxygens (including phenoxy) is 2. The zero-order chi connectivity index (χ0) is 31.4. The van der Waals surface area contributed by atoms with Crippen LogP contribution in [0.25, 0.3) is 0 Å². The Labute approximate surface area is 257 Å². The molecule has 3 heterocycles. The molecule has 1 aromatic rings. The fourth-order valence-corrected chi connectivity index (χ4v) is 7.13. The van der Waals surface area contributed by atoms with Crippen molar-refractivity contribution in [1.29, 1.82) is 0 Å². The second-order valence-electron chi connectivity index (χ2n) is 12.4. The average Bonchev–Trinajstić information content (AvgIpc) is 3.41. The maximum atomic E-state index is 14.5. The van der Waals surface area contributed by atoms with Crippen LogP contribution in [0.4, 0.5) is 8.78 Å². The van der Waals surface area contributed by atoms with Crippen LogP contribution in [0, 0.1) is 5.92 Å². The van der Waals surface area contributed by atoms with Gasteiger partial charge in [0.1, 0.15) is 23.9 Å². The van der Waals surface area contributed by atoms with E-state index in [1.54, 1.807) is 4.90 Å². The van der Waals surface area contributed by atoms with Crippen molar-refractivity contribution in [1.82, 2.24) is 25.8 Å². The summed E-state index contributed by atoms with van der Waals surface area (Å²) in [7, 11) is 1.52. The average molecular weight is 622 g/mol. The van der Waals surface area contributed by atoms with Gasteiger partial charge in [0, 0.05) is 57.1 Å². The first-order chi connectivity index (χ1) is 21.1. The summed E-state index contributed by atoms with van der Waals surface area (Å²) in [6, 6.07) is 4.24. The Balaban J connectivity index is 1.42. The minimum Gasteiger partial charge on any atom is -0.493 e. The molecule has 1 saturated carbocycles. The van der Waals surface area contributed by atoms with Crippen molar-refractivity contribution in [2.45, 2.75) is 87.7 Å². The predicted octanol–water partition coefficient (Wildman–Crippen LogP) is 1.21. The highest BCUT2D eigenvalue weighted by molar-refractivity contribution is 5.94. The van der Waals surface area contributed by atoms with E-state index in [0.717, 1.165) is 5.56 Å². The van der Waals surface area contributed by atoms with Crippen molar-refractivity contribution in [2.24, 2.45) is 5.92 Å². The van der Waals surface area contributed by atoms with Crippen LogP contribution in [0.15, 0.2) is 24.3 Å². The highest BCUT2D eigenvalue weighted by Crippen LogP contribution is 2.39. The van der Waals surface area contributed by atoms with Crippen LogP contribution in [-0.4, -0.2) is 115 Å². The molecule has 4 aliphatic rings. The van der Waals surface area contributed by atoms with E-state index in [1.165, 1.54) is 7.05 Å². The summed E-state index contributed by atoms with van der Waals surface area (Å²) < 4.78 is 39.9. The van der Waals surface area contributed by atoms with Crippen LogP contribution in [0.5, 0.6) is 5.75 Å². The van der Waals surface area contributed by atoms with Crippen molar-refractivity contribution in [2.75, 3.05) is 46.5 Å². The van der Waals surface area contributed by atoms with Gasteiger partial charge < -0.3 is 35.4 Å². The number of fused-ring (bicyclic) bond motifs is 2. The number of carbonyl (C=O) groups is 3. The van der Waals surface area contributed by atoms with Crippen molar-refractivity contribution in [3.05, 3.63) is 29.8 Å². The number of piperazine rings is 1. The van der Waals surface area contributed by atoms with E-state index in [1.807, 2.05) is 31.2 Å². The summed E-state index contributed by atoms with van der Waals surface area (Å²) in [5.41, 5.74) is 0.867. The highest BCUT2D eigenvalue weighted by Gasteiger charge is 2.49. The number of alkyl halides is 2. The zero-order valence-electron chi connectivity index (χ0n) is 25.5. The van der Waals surface area contributed by atoms with Crippen LogP contribution in [0.1, 0.15) is 57.1 Å². The number of aliphatic hydroxyl groups excluding tert-OH is 1. The number of para-hydroxylation sites is 1. The molecule has 3 aliphatic heterocycles. The number of halogens is 2. The lowest BCUT2D eigenvalue weighted by Gasteiger charge is -2.45. The SMILES string of the molecule is CCO[C@@H]1C[C@@H]2CN(C(=O)[C@@H](NC(=O)[C@H](CO)NC)C3CCC(F)(F)CC3)[C@H](C(=O)N[C@@H]3CCOc4ccccc43)CN2C1. The summed E-state index contributed by atoms with van der Waals surface area (Å²) in [5, 5.41) is 18.3. The number of nitrogens with one attached hydrogen (secondary N) is 3. The lowest BCUT2D eigenvalue weighted by atomic mass is 9.81. The molecule has 44 heavy (non-hydrogen) atoms.